The van der Waals surface area contributed by atoms with E-state index in [9.17, 15) is 0 Å². The van der Waals surface area contributed by atoms with E-state index in [1.54, 1.807) is 11.3 Å². The van der Waals surface area contributed by atoms with Gasteiger partial charge in [-0.25, -0.2) is 0 Å². The van der Waals surface area contributed by atoms with Crippen LogP contribution in [-0.2, 0) is 6.42 Å². The zero-order chi connectivity index (χ0) is 13.8. The number of thiophene rings is 1. The van der Waals surface area contributed by atoms with Gasteiger partial charge in [0, 0.05) is 36.7 Å². The summed E-state index contributed by atoms with van der Waals surface area (Å²) in [6.07, 6.45) is 0.977. The van der Waals surface area contributed by atoms with E-state index >= 15 is 0 Å². The van der Waals surface area contributed by atoms with Crippen LogP contribution in [0.15, 0.2) is 38.6 Å². The van der Waals surface area contributed by atoms with Gasteiger partial charge in [0.2, 0.25) is 0 Å². The van der Waals surface area contributed by atoms with Crippen molar-refractivity contribution < 1.29 is 0 Å². The lowest BCUT2D eigenvalue weighted by molar-refractivity contribution is 0.551. The zero-order valence-corrected chi connectivity index (χ0v) is 15.2. The number of benzene rings is 1. The van der Waals surface area contributed by atoms with Gasteiger partial charge in [0.15, 0.2) is 0 Å². The third-order valence-electron chi connectivity index (χ3n) is 2.82. The van der Waals surface area contributed by atoms with E-state index in [1.165, 1.54) is 10.4 Å². The molecule has 19 heavy (non-hydrogen) atoms. The highest BCUT2D eigenvalue weighted by molar-refractivity contribution is 9.10. The van der Waals surface area contributed by atoms with Crippen LogP contribution in [-0.4, -0.2) is 6.54 Å². The van der Waals surface area contributed by atoms with Crippen molar-refractivity contribution in [3.05, 3.63) is 54.1 Å². The molecule has 5 heteroatoms. The van der Waals surface area contributed by atoms with Gasteiger partial charge in [0.25, 0.3) is 0 Å². The lowest BCUT2D eigenvalue weighted by Crippen LogP contribution is -2.23. The Morgan fingerprint density at radius 1 is 1.32 bits per heavy atom. The second-order valence-corrected chi connectivity index (χ2v) is 7.41. The first kappa shape index (κ1) is 15.5. The molecule has 102 valence electrons. The average Bonchev–Trinajstić information content (AvgIpc) is 2.74. The molecule has 1 atom stereocenters. The van der Waals surface area contributed by atoms with E-state index in [1.807, 2.05) is 12.1 Å². The van der Waals surface area contributed by atoms with Gasteiger partial charge in [0.1, 0.15) is 0 Å². The molecule has 1 heterocycles. The first-order valence-electron chi connectivity index (χ1n) is 6.01. The molecule has 0 aliphatic carbocycles. The molecular weight excluding hydrogens is 409 g/mol. The number of hydrogen-bond donors (Lipinski definition) is 1. The Hall–Kier alpha value is 0.130. The van der Waals surface area contributed by atoms with Gasteiger partial charge < -0.3 is 5.32 Å². The highest BCUT2D eigenvalue weighted by atomic mass is 79.9. The smallest absolute Gasteiger partial charge is 0.0417 e. The first-order valence-corrected chi connectivity index (χ1v) is 8.85. The largest absolute Gasteiger partial charge is 0.310 e. The predicted molar refractivity (Wildman–Crippen MR) is 91.3 cm³/mol. The van der Waals surface area contributed by atoms with Gasteiger partial charge >= 0.3 is 0 Å². The Balaban J connectivity index is 2.23. The molecule has 0 spiro atoms. The maximum absolute atomic E-state index is 6.01. The average molecular weight is 424 g/mol. The minimum atomic E-state index is 0.294. The van der Waals surface area contributed by atoms with Crippen molar-refractivity contribution in [2.24, 2.45) is 0 Å². The normalized spacial score (nSPS) is 12.6. The molecule has 0 fully saturated rings. The molecular formula is C14H14Br2ClNS. The predicted octanol–water partition coefficient (Wildman–Crippen LogP) is 5.82. The second-order valence-electron chi connectivity index (χ2n) is 4.21. The van der Waals surface area contributed by atoms with Gasteiger partial charge in [-0.2, -0.15) is 0 Å². The fraction of sp³-hybridized carbons (Fsp3) is 0.286. The third-order valence-corrected chi connectivity index (χ3v) is 5.46. The lowest BCUT2D eigenvalue weighted by Gasteiger charge is -2.19. The zero-order valence-electron chi connectivity index (χ0n) is 10.4. The number of likely N-dealkylation sites (N-methyl/N-ethyl adjacent to an activating group) is 1. The summed E-state index contributed by atoms with van der Waals surface area (Å²) < 4.78 is 2.21. The lowest BCUT2D eigenvalue weighted by atomic mass is 10.0. The molecule has 2 aromatic rings. The maximum Gasteiger partial charge on any atom is 0.0417 e. The Kier molecular flexibility index (Phi) is 5.90. The van der Waals surface area contributed by atoms with E-state index in [4.69, 9.17) is 11.6 Å². The molecule has 1 aromatic carbocycles. The van der Waals surface area contributed by atoms with Crippen molar-refractivity contribution >= 4 is 54.8 Å². The molecule has 0 aliphatic rings. The van der Waals surface area contributed by atoms with Crippen LogP contribution < -0.4 is 5.32 Å². The molecule has 0 amide bonds. The van der Waals surface area contributed by atoms with Gasteiger partial charge in [-0.05, 0) is 46.2 Å². The van der Waals surface area contributed by atoms with Gasteiger partial charge in [-0.15, -0.1) is 11.3 Å². The second kappa shape index (κ2) is 7.23. The highest BCUT2D eigenvalue weighted by Gasteiger charge is 2.15. The van der Waals surface area contributed by atoms with E-state index in [0.29, 0.717) is 6.04 Å². The summed E-state index contributed by atoms with van der Waals surface area (Å²) in [4.78, 5) is 1.36. The fourth-order valence-electron chi connectivity index (χ4n) is 1.98. The van der Waals surface area contributed by atoms with Crippen LogP contribution in [0.2, 0.25) is 5.02 Å². The summed E-state index contributed by atoms with van der Waals surface area (Å²) in [5.41, 5.74) is 1.25. The molecule has 1 nitrogen and oxygen atoms in total. The summed E-state index contributed by atoms with van der Waals surface area (Å²) in [6, 6.07) is 8.45. The minimum Gasteiger partial charge on any atom is -0.310 e. The molecule has 0 saturated carbocycles. The summed E-state index contributed by atoms with van der Waals surface area (Å²) in [5, 5.41) is 6.41. The third kappa shape index (κ3) is 4.30. The molecule has 2 rings (SSSR count). The fourth-order valence-corrected chi connectivity index (χ4v) is 4.44. The molecule has 0 bridgehead atoms. The molecule has 0 radical (unpaired) electrons. The van der Waals surface area contributed by atoms with Crippen molar-refractivity contribution in [2.45, 2.75) is 19.4 Å². The van der Waals surface area contributed by atoms with Crippen LogP contribution in [0, 0.1) is 0 Å². The number of hydrogen-bond acceptors (Lipinski definition) is 2. The van der Waals surface area contributed by atoms with Crippen LogP contribution in [0.4, 0.5) is 0 Å². The number of rotatable bonds is 5. The first-order chi connectivity index (χ1) is 9.10. The summed E-state index contributed by atoms with van der Waals surface area (Å²) in [6.45, 7) is 3.06. The van der Waals surface area contributed by atoms with Crippen LogP contribution in [0.5, 0.6) is 0 Å². The number of nitrogens with one attached hydrogen (secondary N) is 1. The summed E-state index contributed by atoms with van der Waals surface area (Å²) in [7, 11) is 0. The van der Waals surface area contributed by atoms with E-state index in [-0.39, 0.29) is 0 Å². The van der Waals surface area contributed by atoms with Crippen molar-refractivity contribution in [3.63, 3.8) is 0 Å². The van der Waals surface area contributed by atoms with Crippen LogP contribution in [0.1, 0.15) is 23.4 Å². The number of halogens is 3. The summed E-state index contributed by atoms with van der Waals surface area (Å²) >= 11 is 14.9. The SMILES string of the molecule is CCNC(Cc1cc(Br)cs1)c1ccc(Cl)cc1Br. The van der Waals surface area contributed by atoms with Crippen molar-refractivity contribution in [2.75, 3.05) is 6.54 Å². The van der Waals surface area contributed by atoms with Gasteiger partial charge in [-0.3, -0.25) is 0 Å². The van der Waals surface area contributed by atoms with Crippen LogP contribution >= 0.6 is 54.8 Å². The van der Waals surface area contributed by atoms with Gasteiger partial charge in [0.05, 0.1) is 0 Å². The highest BCUT2D eigenvalue weighted by Crippen LogP contribution is 2.31. The standard InChI is InChI=1S/C14H14Br2ClNS/c1-2-18-14(7-11-5-9(15)8-19-11)12-4-3-10(17)6-13(12)16/h3-6,8,14,18H,2,7H2,1H3. The Morgan fingerprint density at radius 3 is 2.68 bits per heavy atom. The van der Waals surface area contributed by atoms with Gasteiger partial charge in [-0.1, -0.05) is 40.5 Å². The molecule has 1 unspecified atom stereocenters. The Morgan fingerprint density at radius 2 is 2.11 bits per heavy atom. The molecule has 1 N–H and O–H groups in total. The van der Waals surface area contributed by atoms with E-state index in [0.717, 1.165) is 26.9 Å². The molecule has 0 aliphatic heterocycles. The Labute approximate surface area is 139 Å². The topological polar surface area (TPSA) is 12.0 Å². The minimum absolute atomic E-state index is 0.294. The quantitative estimate of drug-likeness (QED) is 0.639. The Bertz CT molecular complexity index is 556. The van der Waals surface area contributed by atoms with Crippen molar-refractivity contribution in [1.82, 2.24) is 5.32 Å². The maximum atomic E-state index is 6.01. The monoisotopic (exact) mass is 421 g/mol. The van der Waals surface area contributed by atoms with Crippen LogP contribution in [0.3, 0.4) is 0 Å². The molecule has 1 aromatic heterocycles. The van der Waals surface area contributed by atoms with Crippen molar-refractivity contribution in [1.29, 1.82) is 0 Å². The molecule has 0 saturated heterocycles. The van der Waals surface area contributed by atoms with Crippen LogP contribution in [0.25, 0.3) is 0 Å². The van der Waals surface area contributed by atoms with E-state index < -0.39 is 0 Å². The summed E-state index contributed by atoms with van der Waals surface area (Å²) in [5.74, 6) is 0. The van der Waals surface area contributed by atoms with E-state index in [2.05, 4.69) is 61.6 Å². The van der Waals surface area contributed by atoms with Crippen molar-refractivity contribution in [3.8, 4) is 0 Å².